The third kappa shape index (κ3) is 3.45. The summed E-state index contributed by atoms with van der Waals surface area (Å²) in [5, 5.41) is 8.97. The third-order valence-electron chi connectivity index (χ3n) is 3.32. The lowest BCUT2D eigenvalue weighted by Gasteiger charge is -2.22. The molecule has 8 heteroatoms. The molecule has 21 heavy (non-hydrogen) atoms. The third-order valence-corrected chi connectivity index (χ3v) is 3.32. The van der Waals surface area contributed by atoms with Crippen molar-refractivity contribution >= 4 is 11.6 Å². The summed E-state index contributed by atoms with van der Waals surface area (Å²) in [5.41, 5.74) is 0.622. The van der Waals surface area contributed by atoms with Gasteiger partial charge in [0.2, 0.25) is 0 Å². The molecule has 1 aromatic carbocycles. The van der Waals surface area contributed by atoms with E-state index in [9.17, 15) is 18.0 Å². The summed E-state index contributed by atoms with van der Waals surface area (Å²) < 4.78 is 38.8. The van der Waals surface area contributed by atoms with Gasteiger partial charge in [-0.25, -0.2) is 0 Å². The summed E-state index contributed by atoms with van der Waals surface area (Å²) in [4.78, 5) is 13.7. The van der Waals surface area contributed by atoms with Crippen LogP contribution in [-0.2, 0) is 6.18 Å². The normalized spacial score (nSPS) is 14.9. The fraction of sp³-hybridized carbons (Fsp3) is 0.462. The molecule has 1 amide bonds. The zero-order valence-corrected chi connectivity index (χ0v) is 11.2. The molecule has 0 aromatic heterocycles. The Morgan fingerprint density at radius 1 is 1.43 bits per heavy atom. The Morgan fingerprint density at radius 2 is 2.10 bits per heavy atom. The molecule has 1 aliphatic carbocycles. The zero-order valence-electron chi connectivity index (χ0n) is 11.2. The number of hydrazine groups is 1. The highest BCUT2D eigenvalue weighted by molar-refractivity contribution is 5.95. The second-order valence-corrected chi connectivity index (χ2v) is 4.86. The van der Waals surface area contributed by atoms with Crippen LogP contribution >= 0.6 is 0 Å². The number of nitrogen functional groups attached to an aromatic ring is 1. The van der Waals surface area contributed by atoms with Crippen LogP contribution in [0.15, 0.2) is 18.2 Å². The number of aliphatic hydroxyl groups excluding tert-OH is 1. The smallest absolute Gasteiger partial charge is 0.395 e. The predicted octanol–water partition coefficient (Wildman–Crippen LogP) is 1.59. The lowest BCUT2D eigenvalue weighted by Crippen LogP contribution is -2.35. The maximum Gasteiger partial charge on any atom is 0.418 e. The average Bonchev–Trinajstić information content (AvgIpc) is 3.27. The van der Waals surface area contributed by atoms with Crippen LogP contribution in [0.5, 0.6) is 0 Å². The number of aliphatic hydroxyl groups is 1. The molecule has 0 spiro atoms. The van der Waals surface area contributed by atoms with E-state index in [1.807, 2.05) is 5.43 Å². The van der Waals surface area contributed by atoms with Gasteiger partial charge in [0.15, 0.2) is 0 Å². The first-order valence-electron chi connectivity index (χ1n) is 6.48. The van der Waals surface area contributed by atoms with Gasteiger partial charge in [-0.2, -0.15) is 13.2 Å². The number of anilines is 1. The van der Waals surface area contributed by atoms with E-state index in [0.717, 1.165) is 25.0 Å². The Kier molecular flexibility index (Phi) is 4.38. The quantitative estimate of drug-likeness (QED) is 0.570. The summed E-state index contributed by atoms with van der Waals surface area (Å²) in [7, 11) is 0. The molecule has 0 radical (unpaired) electrons. The second kappa shape index (κ2) is 5.90. The van der Waals surface area contributed by atoms with Gasteiger partial charge in [-0.1, -0.05) is 0 Å². The molecule has 1 aromatic rings. The number of carbonyl (C=O) groups is 1. The van der Waals surface area contributed by atoms with Gasteiger partial charge in [-0.15, -0.1) is 0 Å². The first-order valence-corrected chi connectivity index (χ1v) is 6.48. The molecule has 1 aliphatic rings. The number of nitrogens with two attached hydrogens (primary N) is 1. The van der Waals surface area contributed by atoms with Crippen molar-refractivity contribution in [1.29, 1.82) is 0 Å². The highest BCUT2D eigenvalue weighted by Gasteiger charge is 2.36. The number of rotatable bonds is 5. The maximum atomic E-state index is 12.9. The van der Waals surface area contributed by atoms with Crippen LogP contribution < -0.4 is 11.3 Å². The van der Waals surface area contributed by atoms with E-state index in [2.05, 4.69) is 0 Å². The standard InChI is InChI=1S/C13H16F3N3O2/c14-13(15,16)10-7-8(1-4-11(10)18-17)12(21)19(5-6-20)9-2-3-9/h1,4,7,9,18,20H,2-3,5-6,17H2. The summed E-state index contributed by atoms with van der Waals surface area (Å²) in [6, 6.07) is 3.20. The second-order valence-electron chi connectivity index (χ2n) is 4.86. The average molecular weight is 303 g/mol. The molecule has 1 fully saturated rings. The van der Waals surface area contributed by atoms with Crippen LogP contribution in [0.25, 0.3) is 0 Å². The van der Waals surface area contributed by atoms with Gasteiger partial charge < -0.3 is 15.4 Å². The molecule has 0 heterocycles. The van der Waals surface area contributed by atoms with Gasteiger partial charge in [0.25, 0.3) is 5.91 Å². The van der Waals surface area contributed by atoms with E-state index in [4.69, 9.17) is 10.9 Å². The van der Waals surface area contributed by atoms with Crippen molar-refractivity contribution in [3.8, 4) is 0 Å². The molecule has 1 saturated carbocycles. The van der Waals surface area contributed by atoms with Crippen LogP contribution in [-0.4, -0.2) is 35.1 Å². The maximum absolute atomic E-state index is 12.9. The van der Waals surface area contributed by atoms with Gasteiger partial charge in [0.1, 0.15) is 0 Å². The van der Waals surface area contributed by atoms with E-state index < -0.39 is 17.6 Å². The van der Waals surface area contributed by atoms with Crippen LogP contribution in [0.1, 0.15) is 28.8 Å². The van der Waals surface area contributed by atoms with Crippen LogP contribution in [0.3, 0.4) is 0 Å². The number of halogens is 3. The minimum absolute atomic E-state index is 0.00583. The largest absolute Gasteiger partial charge is 0.418 e. The zero-order chi connectivity index (χ0) is 15.6. The fourth-order valence-electron chi connectivity index (χ4n) is 2.15. The van der Waals surface area contributed by atoms with Gasteiger partial charge in [0, 0.05) is 18.2 Å². The molecule has 0 unspecified atom stereocenters. The number of alkyl halides is 3. The van der Waals surface area contributed by atoms with E-state index in [1.54, 1.807) is 0 Å². The lowest BCUT2D eigenvalue weighted by atomic mass is 10.1. The Labute approximate surface area is 119 Å². The molecular formula is C13H16F3N3O2. The summed E-state index contributed by atoms with van der Waals surface area (Å²) in [6.45, 7) is -0.113. The van der Waals surface area contributed by atoms with Crippen molar-refractivity contribution in [2.45, 2.75) is 25.1 Å². The summed E-state index contributed by atoms with van der Waals surface area (Å²) >= 11 is 0. The minimum Gasteiger partial charge on any atom is -0.395 e. The first kappa shape index (κ1) is 15.6. The monoisotopic (exact) mass is 303 g/mol. The van der Waals surface area contributed by atoms with E-state index >= 15 is 0 Å². The highest BCUT2D eigenvalue weighted by atomic mass is 19.4. The number of hydrogen-bond donors (Lipinski definition) is 3. The Balaban J connectivity index is 2.33. The highest BCUT2D eigenvalue weighted by Crippen LogP contribution is 2.36. The molecule has 2 rings (SSSR count). The van der Waals surface area contributed by atoms with Crippen molar-refractivity contribution in [3.63, 3.8) is 0 Å². The Morgan fingerprint density at radius 3 is 2.57 bits per heavy atom. The van der Waals surface area contributed by atoms with Crippen molar-refractivity contribution in [2.24, 2.45) is 5.84 Å². The van der Waals surface area contributed by atoms with Gasteiger partial charge in [-0.05, 0) is 31.0 Å². The summed E-state index contributed by atoms with van der Waals surface area (Å²) in [5.74, 6) is 4.55. The number of carbonyl (C=O) groups excluding carboxylic acids is 1. The molecule has 0 atom stereocenters. The SMILES string of the molecule is NNc1ccc(C(=O)N(CCO)C2CC2)cc1C(F)(F)F. The molecule has 5 nitrogen and oxygen atoms in total. The van der Waals surface area contributed by atoms with Gasteiger partial charge in [0.05, 0.1) is 17.9 Å². The molecule has 0 bridgehead atoms. The number of hydrogen-bond acceptors (Lipinski definition) is 4. The van der Waals surface area contributed by atoms with Gasteiger partial charge in [-0.3, -0.25) is 10.6 Å². The molecule has 116 valence electrons. The van der Waals surface area contributed by atoms with Crippen molar-refractivity contribution in [2.75, 3.05) is 18.6 Å². The lowest BCUT2D eigenvalue weighted by molar-refractivity contribution is -0.137. The van der Waals surface area contributed by atoms with Crippen molar-refractivity contribution in [3.05, 3.63) is 29.3 Å². The molecule has 0 saturated heterocycles. The van der Waals surface area contributed by atoms with Crippen molar-refractivity contribution < 1.29 is 23.1 Å². The first-order chi connectivity index (χ1) is 9.88. The Bertz CT molecular complexity index is 530. The number of nitrogens with zero attached hydrogens (tertiary/aromatic N) is 1. The van der Waals surface area contributed by atoms with Gasteiger partial charge >= 0.3 is 6.18 Å². The number of amides is 1. The molecule has 0 aliphatic heterocycles. The predicted molar refractivity (Wildman–Crippen MR) is 70.4 cm³/mol. The van der Waals surface area contributed by atoms with E-state index in [0.29, 0.717) is 0 Å². The van der Waals surface area contributed by atoms with Crippen LogP contribution in [0.2, 0.25) is 0 Å². The molecule has 4 N–H and O–H groups in total. The van der Waals surface area contributed by atoms with Crippen LogP contribution in [0, 0.1) is 0 Å². The number of nitrogens with one attached hydrogen (secondary N) is 1. The fourth-order valence-corrected chi connectivity index (χ4v) is 2.15. The van der Waals surface area contributed by atoms with E-state index in [-0.39, 0.29) is 30.4 Å². The van der Waals surface area contributed by atoms with E-state index in [1.165, 1.54) is 11.0 Å². The summed E-state index contributed by atoms with van der Waals surface area (Å²) in [6.07, 6.45) is -3.00. The van der Waals surface area contributed by atoms with Crippen LogP contribution in [0.4, 0.5) is 18.9 Å². The number of benzene rings is 1. The van der Waals surface area contributed by atoms with Crippen molar-refractivity contribution in [1.82, 2.24) is 4.90 Å². The Hall–Kier alpha value is -1.80. The molecular weight excluding hydrogens is 287 g/mol. The minimum atomic E-state index is -4.61. The topological polar surface area (TPSA) is 78.6 Å².